The van der Waals surface area contributed by atoms with Crippen LogP contribution in [0.3, 0.4) is 0 Å². The molecule has 0 bridgehead atoms. The molecule has 5 nitrogen and oxygen atoms in total. The number of ether oxygens (including phenoxy) is 1. The van der Waals surface area contributed by atoms with E-state index < -0.39 is 6.10 Å². The van der Waals surface area contributed by atoms with Gasteiger partial charge in [-0.3, -0.25) is 9.59 Å². The molecule has 2 aromatic carbocycles. The van der Waals surface area contributed by atoms with Crippen molar-refractivity contribution >= 4 is 23.2 Å². The molecule has 0 N–H and O–H groups in total. The van der Waals surface area contributed by atoms with Crippen LogP contribution < -0.4 is 14.5 Å². The van der Waals surface area contributed by atoms with Crippen LogP contribution in [0.2, 0.25) is 0 Å². The Balaban J connectivity index is 1.76. The Kier molecular flexibility index (Phi) is 5.37. The minimum Gasteiger partial charge on any atom is -0.479 e. The highest BCUT2D eigenvalue weighted by Gasteiger charge is 2.31. The van der Waals surface area contributed by atoms with Crippen LogP contribution in [-0.2, 0) is 9.59 Å². The SMILES string of the molecule is C=CCN(C(=O)CCN1C(=O)C(C)Oc2ccccc21)c1ccccc1. The van der Waals surface area contributed by atoms with E-state index >= 15 is 0 Å². The van der Waals surface area contributed by atoms with Gasteiger partial charge in [-0.25, -0.2) is 0 Å². The van der Waals surface area contributed by atoms with Crippen molar-refractivity contribution < 1.29 is 14.3 Å². The van der Waals surface area contributed by atoms with Crippen LogP contribution in [0.5, 0.6) is 5.75 Å². The fourth-order valence-corrected chi connectivity index (χ4v) is 3.02. The predicted molar refractivity (Wildman–Crippen MR) is 102 cm³/mol. The number of hydrogen-bond acceptors (Lipinski definition) is 3. The number of carbonyl (C=O) groups excluding carboxylic acids is 2. The van der Waals surface area contributed by atoms with Gasteiger partial charge in [0.25, 0.3) is 5.91 Å². The highest BCUT2D eigenvalue weighted by atomic mass is 16.5. The van der Waals surface area contributed by atoms with Crippen LogP contribution in [0.25, 0.3) is 0 Å². The molecule has 2 aromatic rings. The van der Waals surface area contributed by atoms with Gasteiger partial charge in [-0.15, -0.1) is 6.58 Å². The molecule has 2 amide bonds. The number of fused-ring (bicyclic) bond motifs is 1. The summed E-state index contributed by atoms with van der Waals surface area (Å²) in [4.78, 5) is 28.6. The molecule has 1 heterocycles. The second kappa shape index (κ2) is 7.87. The van der Waals surface area contributed by atoms with Crippen molar-refractivity contribution in [3.8, 4) is 5.75 Å². The molecule has 134 valence electrons. The standard InChI is InChI=1S/C21H22N2O3/c1-3-14-22(17-9-5-4-6-10-17)20(24)13-15-23-18-11-7-8-12-19(18)26-16(2)21(23)25/h3-12,16H,1,13-15H2,2H3. The Morgan fingerprint density at radius 3 is 2.62 bits per heavy atom. The molecular formula is C21H22N2O3. The summed E-state index contributed by atoms with van der Waals surface area (Å²) in [6.07, 6.45) is 1.36. The normalized spacial score (nSPS) is 15.8. The summed E-state index contributed by atoms with van der Waals surface area (Å²) >= 11 is 0. The largest absolute Gasteiger partial charge is 0.479 e. The van der Waals surface area contributed by atoms with Gasteiger partial charge in [0.1, 0.15) is 5.75 Å². The molecule has 1 aliphatic rings. The molecular weight excluding hydrogens is 328 g/mol. The first-order valence-corrected chi connectivity index (χ1v) is 8.65. The average Bonchev–Trinajstić information content (AvgIpc) is 2.67. The molecule has 1 atom stereocenters. The summed E-state index contributed by atoms with van der Waals surface area (Å²) in [6, 6.07) is 16.9. The fourth-order valence-electron chi connectivity index (χ4n) is 3.02. The number of carbonyl (C=O) groups is 2. The molecule has 1 unspecified atom stereocenters. The molecule has 5 heteroatoms. The molecule has 0 fully saturated rings. The van der Waals surface area contributed by atoms with Gasteiger partial charge in [0.05, 0.1) is 5.69 Å². The third-order valence-corrected chi connectivity index (χ3v) is 4.30. The minimum atomic E-state index is -0.557. The van der Waals surface area contributed by atoms with Gasteiger partial charge in [0, 0.05) is 25.2 Å². The Bertz CT molecular complexity index is 804. The molecule has 0 spiro atoms. The van der Waals surface area contributed by atoms with E-state index in [0.29, 0.717) is 24.5 Å². The quantitative estimate of drug-likeness (QED) is 0.750. The number of nitrogens with zero attached hydrogens (tertiary/aromatic N) is 2. The molecule has 0 aliphatic carbocycles. The van der Waals surface area contributed by atoms with E-state index in [4.69, 9.17) is 4.74 Å². The Labute approximate surface area is 153 Å². The van der Waals surface area contributed by atoms with Crippen molar-refractivity contribution in [3.63, 3.8) is 0 Å². The first-order chi connectivity index (χ1) is 12.6. The Morgan fingerprint density at radius 2 is 1.88 bits per heavy atom. The van der Waals surface area contributed by atoms with Crippen molar-refractivity contribution in [1.82, 2.24) is 0 Å². The fraction of sp³-hybridized carbons (Fsp3) is 0.238. The zero-order valence-electron chi connectivity index (χ0n) is 14.8. The summed E-state index contributed by atoms with van der Waals surface area (Å²) in [5, 5.41) is 0. The number of anilines is 2. The van der Waals surface area contributed by atoms with Crippen LogP contribution in [0, 0.1) is 0 Å². The molecule has 0 saturated heterocycles. The maximum Gasteiger partial charge on any atom is 0.267 e. The zero-order chi connectivity index (χ0) is 18.5. The maximum absolute atomic E-state index is 12.8. The summed E-state index contributed by atoms with van der Waals surface area (Å²) in [5.74, 6) is 0.477. The highest BCUT2D eigenvalue weighted by molar-refractivity contribution is 6.01. The van der Waals surface area contributed by atoms with Crippen molar-refractivity contribution in [2.75, 3.05) is 22.9 Å². The molecule has 1 aliphatic heterocycles. The van der Waals surface area contributed by atoms with E-state index in [9.17, 15) is 9.59 Å². The highest BCUT2D eigenvalue weighted by Crippen LogP contribution is 2.33. The van der Waals surface area contributed by atoms with Crippen molar-refractivity contribution in [2.45, 2.75) is 19.4 Å². The smallest absolute Gasteiger partial charge is 0.267 e. The van der Waals surface area contributed by atoms with E-state index in [2.05, 4.69) is 6.58 Å². The molecule has 26 heavy (non-hydrogen) atoms. The number of rotatable bonds is 6. The average molecular weight is 350 g/mol. The van der Waals surface area contributed by atoms with E-state index in [1.165, 1.54) is 0 Å². The summed E-state index contributed by atoms with van der Waals surface area (Å²) in [6.45, 7) is 6.19. The molecule has 0 saturated carbocycles. The van der Waals surface area contributed by atoms with Gasteiger partial charge >= 0.3 is 0 Å². The second-order valence-electron chi connectivity index (χ2n) is 6.10. The third kappa shape index (κ3) is 3.61. The summed E-state index contributed by atoms with van der Waals surface area (Å²) in [5.41, 5.74) is 1.53. The van der Waals surface area contributed by atoms with E-state index in [1.54, 1.807) is 22.8 Å². The third-order valence-electron chi connectivity index (χ3n) is 4.30. The van der Waals surface area contributed by atoms with Crippen LogP contribution in [0.1, 0.15) is 13.3 Å². The first kappa shape index (κ1) is 17.7. The second-order valence-corrected chi connectivity index (χ2v) is 6.10. The molecule has 0 radical (unpaired) electrons. The van der Waals surface area contributed by atoms with Gasteiger partial charge in [0.15, 0.2) is 6.10 Å². The topological polar surface area (TPSA) is 49.9 Å². The first-order valence-electron chi connectivity index (χ1n) is 8.65. The van der Waals surface area contributed by atoms with E-state index in [-0.39, 0.29) is 18.2 Å². The van der Waals surface area contributed by atoms with Gasteiger partial charge in [-0.2, -0.15) is 0 Å². The number of amides is 2. The summed E-state index contributed by atoms with van der Waals surface area (Å²) < 4.78 is 5.64. The van der Waals surface area contributed by atoms with Crippen LogP contribution >= 0.6 is 0 Å². The molecule has 0 aromatic heterocycles. The van der Waals surface area contributed by atoms with Crippen molar-refractivity contribution in [1.29, 1.82) is 0 Å². The minimum absolute atomic E-state index is 0.0551. The van der Waals surface area contributed by atoms with Gasteiger partial charge in [-0.05, 0) is 31.2 Å². The zero-order valence-corrected chi connectivity index (χ0v) is 14.8. The van der Waals surface area contributed by atoms with Crippen LogP contribution in [0.4, 0.5) is 11.4 Å². The lowest BCUT2D eigenvalue weighted by atomic mass is 10.1. The predicted octanol–water partition coefficient (Wildman–Crippen LogP) is 3.41. The van der Waals surface area contributed by atoms with Gasteiger partial charge in [0.2, 0.25) is 5.91 Å². The van der Waals surface area contributed by atoms with E-state index in [0.717, 1.165) is 5.69 Å². The van der Waals surface area contributed by atoms with Gasteiger partial charge < -0.3 is 14.5 Å². The van der Waals surface area contributed by atoms with Crippen LogP contribution in [0.15, 0.2) is 67.3 Å². The monoisotopic (exact) mass is 350 g/mol. The number of benzene rings is 2. The van der Waals surface area contributed by atoms with Crippen molar-refractivity contribution in [2.24, 2.45) is 0 Å². The lowest BCUT2D eigenvalue weighted by Gasteiger charge is -2.33. The molecule has 3 rings (SSSR count). The lowest BCUT2D eigenvalue weighted by Crippen LogP contribution is -2.46. The maximum atomic E-state index is 12.8. The number of hydrogen-bond donors (Lipinski definition) is 0. The van der Waals surface area contributed by atoms with E-state index in [1.807, 2.05) is 54.6 Å². The van der Waals surface area contributed by atoms with Crippen molar-refractivity contribution in [3.05, 3.63) is 67.3 Å². The number of para-hydroxylation sites is 3. The lowest BCUT2D eigenvalue weighted by molar-refractivity contribution is -0.125. The Morgan fingerprint density at radius 1 is 1.19 bits per heavy atom. The van der Waals surface area contributed by atoms with Crippen LogP contribution in [-0.4, -0.2) is 31.0 Å². The van der Waals surface area contributed by atoms with Gasteiger partial charge in [-0.1, -0.05) is 36.4 Å². The Hall–Kier alpha value is -3.08. The summed E-state index contributed by atoms with van der Waals surface area (Å²) in [7, 11) is 0.